The van der Waals surface area contributed by atoms with Gasteiger partial charge in [0, 0.05) is 22.6 Å². The maximum atomic E-state index is 13.4. The van der Waals surface area contributed by atoms with Crippen molar-refractivity contribution >= 4 is 29.3 Å². The summed E-state index contributed by atoms with van der Waals surface area (Å²) in [5, 5.41) is 11.9. The van der Waals surface area contributed by atoms with Crippen LogP contribution in [-0.2, 0) is 34.7 Å². The molecule has 0 saturated heterocycles. The van der Waals surface area contributed by atoms with Gasteiger partial charge in [-0.3, -0.25) is 4.79 Å². The number of benzene rings is 1. The lowest BCUT2D eigenvalue weighted by Crippen LogP contribution is -2.44. The van der Waals surface area contributed by atoms with E-state index in [0.717, 1.165) is 16.5 Å². The van der Waals surface area contributed by atoms with E-state index in [2.05, 4.69) is 0 Å². The molecular weight excluding hydrogens is 450 g/mol. The molecule has 2 aromatic heterocycles. The first-order chi connectivity index (χ1) is 15.5. The van der Waals surface area contributed by atoms with Gasteiger partial charge in [0.2, 0.25) is 6.79 Å². The second-order valence-electron chi connectivity index (χ2n) is 8.28. The third kappa shape index (κ3) is 2.82. The molecule has 3 aliphatic heterocycles. The van der Waals surface area contributed by atoms with Crippen molar-refractivity contribution in [1.29, 1.82) is 0 Å². The quantitative estimate of drug-likeness (QED) is 0.433. The van der Waals surface area contributed by atoms with Gasteiger partial charge in [0.05, 0.1) is 29.0 Å². The number of pyridine rings is 2. The molecule has 0 saturated carbocycles. The average Bonchev–Trinajstić information content (AvgIpc) is 3.40. The number of hydrogen-bond donors (Lipinski definition) is 2. The van der Waals surface area contributed by atoms with Crippen molar-refractivity contribution in [2.45, 2.75) is 38.5 Å². The van der Waals surface area contributed by atoms with Gasteiger partial charge in [0.15, 0.2) is 17.1 Å². The van der Waals surface area contributed by atoms with Crippen LogP contribution in [0.2, 0.25) is 0 Å². The molecule has 0 bridgehead atoms. The number of nitrogens with zero attached hydrogens (tertiary/aromatic N) is 2. The Labute approximate surface area is 194 Å². The Hall–Kier alpha value is -3.14. The zero-order valence-corrected chi connectivity index (χ0v) is 18.7. The highest BCUT2D eigenvalue weighted by Gasteiger charge is 2.45. The van der Waals surface area contributed by atoms with Crippen molar-refractivity contribution in [3.05, 3.63) is 50.8 Å². The third-order valence-corrected chi connectivity index (χ3v) is 6.69. The molecule has 1 aromatic carbocycles. The summed E-state index contributed by atoms with van der Waals surface area (Å²) in [5.74, 6) is 0.537. The minimum Gasteiger partial charge on any atom is -0.458 e. The molecule has 1 unspecified atom stereocenters. The smallest absolute Gasteiger partial charge is 0.343 e. The topological polar surface area (TPSA) is 126 Å². The van der Waals surface area contributed by atoms with Crippen molar-refractivity contribution < 1.29 is 24.1 Å². The standard InChI is InChI=1S/C23H21N3O6.ClH/c1-2-23(29)15-6-17-20-13(8-26(17)21(27)14(15)9-30-22(23)28)11(3-4-24)12-5-18-19(32-10-31-18)7-16(12)25-20;/h5-7,29H,2-4,8-10,24H2,1H3;1H. The largest absolute Gasteiger partial charge is 0.458 e. The molecule has 3 N–H and O–H groups in total. The third-order valence-electron chi connectivity index (χ3n) is 6.69. The zero-order chi connectivity index (χ0) is 22.2. The van der Waals surface area contributed by atoms with Crippen LogP contribution in [-0.4, -0.2) is 34.0 Å². The van der Waals surface area contributed by atoms with Gasteiger partial charge in [0.25, 0.3) is 5.56 Å². The van der Waals surface area contributed by atoms with Gasteiger partial charge in [-0.2, -0.15) is 0 Å². The van der Waals surface area contributed by atoms with Crippen LogP contribution < -0.4 is 20.8 Å². The molecule has 3 aliphatic rings. The summed E-state index contributed by atoms with van der Waals surface area (Å²) in [6, 6.07) is 5.45. The van der Waals surface area contributed by atoms with E-state index in [1.807, 2.05) is 12.1 Å². The molecule has 6 rings (SSSR count). The van der Waals surface area contributed by atoms with Crippen LogP contribution >= 0.6 is 12.4 Å². The van der Waals surface area contributed by atoms with Crippen molar-refractivity contribution in [3.8, 4) is 22.9 Å². The summed E-state index contributed by atoms with van der Waals surface area (Å²) < 4.78 is 17.8. The van der Waals surface area contributed by atoms with Crippen molar-refractivity contribution in [1.82, 2.24) is 9.55 Å². The number of carbonyl (C=O) groups is 1. The monoisotopic (exact) mass is 471 g/mol. The summed E-state index contributed by atoms with van der Waals surface area (Å²) in [6.45, 7) is 2.45. The van der Waals surface area contributed by atoms with Crippen molar-refractivity contribution in [2.75, 3.05) is 13.3 Å². The number of hydrogen-bond acceptors (Lipinski definition) is 8. The average molecular weight is 472 g/mol. The maximum Gasteiger partial charge on any atom is 0.343 e. The fourth-order valence-electron chi connectivity index (χ4n) is 4.98. The molecule has 0 spiro atoms. The van der Waals surface area contributed by atoms with Crippen molar-refractivity contribution in [2.24, 2.45) is 5.73 Å². The molecule has 9 nitrogen and oxygen atoms in total. The number of nitrogens with two attached hydrogens (primary N) is 1. The molecule has 0 amide bonds. The summed E-state index contributed by atoms with van der Waals surface area (Å²) >= 11 is 0. The Morgan fingerprint density at radius 3 is 2.64 bits per heavy atom. The van der Waals surface area contributed by atoms with E-state index in [4.69, 9.17) is 24.9 Å². The van der Waals surface area contributed by atoms with Crippen molar-refractivity contribution in [3.63, 3.8) is 0 Å². The number of carbonyl (C=O) groups excluding carboxylic acids is 1. The number of ether oxygens (including phenoxy) is 3. The molecule has 33 heavy (non-hydrogen) atoms. The Bertz CT molecular complexity index is 1400. The lowest BCUT2D eigenvalue weighted by atomic mass is 9.86. The van der Waals surface area contributed by atoms with Gasteiger partial charge in [-0.1, -0.05) is 6.92 Å². The van der Waals surface area contributed by atoms with E-state index in [0.29, 0.717) is 59.0 Å². The molecule has 0 fully saturated rings. The lowest BCUT2D eigenvalue weighted by Gasteiger charge is -2.31. The summed E-state index contributed by atoms with van der Waals surface area (Å²) in [4.78, 5) is 30.6. The lowest BCUT2D eigenvalue weighted by molar-refractivity contribution is -0.172. The number of cyclic esters (lactones) is 1. The Balaban J connectivity index is 0.00000228. The van der Waals surface area contributed by atoms with E-state index in [1.165, 1.54) is 0 Å². The fourth-order valence-corrected chi connectivity index (χ4v) is 4.98. The van der Waals surface area contributed by atoms with Gasteiger partial charge in [-0.15, -0.1) is 12.4 Å². The highest BCUT2D eigenvalue weighted by atomic mass is 35.5. The predicted molar refractivity (Wildman–Crippen MR) is 121 cm³/mol. The number of aliphatic hydroxyl groups is 1. The Morgan fingerprint density at radius 1 is 1.15 bits per heavy atom. The predicted octanol–water partition coefficient (Wildman–Crippen LogP) is 1.73. The van der Waals surface area contributed by atoms with E-state index in [9.17, 15) is 14.7 Å². The molecule has 10 heteroatoms. The highest BCUT2D eigenvalue weighted by Crippen LogP contribution is 2.43. The number of halogens is 1. The normalized spacial score (nSPS) is 19.5. The fraction of sp³-hybridized carbons (Fsp3) is 0.348. The summed E-state index contributed by atoms with van der Waals surface area (Å²) in [6.07, 6.45) is 0.700. The van der Waals surface area contributed by atoms with Crippen LogP contribution in [0.15, 0.2) is 23.0 Å². The van der Waals surface area contributed by atoms with Crippen LogP contribution in [0.5, 0.6) is 11.5 Å². The van der Waals surface area contributed by atoms with E-state index < -0.39 is 11.6 Å². The van der Waals surface area contributed by atoms with Crippen LogP contribution in [0.3, 0.4) is 0 Å². The van der Waals surface area contributed by atoms with E-state index in [-0.39, 0.29) is 37.8 Å². The SMILES string of the molecule is CCC1(O)C(=O)OCc2c1cc1n(c2=O)Cc2c-1nc1cc3c(cc1c2CCN)OCO3.Cl. The van der Waals surface area contributed by atoms with Gasteiger partial charge in [-0.25, -0.2) is 9.78 Å². The van der Waals surface area contributed by atoms with Gasteiger partial charge in [-0.05, 0) is 37.1 Å². The molecule has 1 atom stereocenters. The molecular formula is C23H22ClN3O6. The molecule has 3 aromatic rings. The van der Waals surface area contributed by atoms with E-state index >= 15 is 0 Å². The highest BCUT2D eigenvalue weighted by molar-refractivity contribution is 5.91. The Morgan fingerprint density at radius 2 is 1.91 bits per heavy atom. The first-order valence-electron chi connectivity index (χ1n) is 10.6. The first kappa shape index (κ1) is 21.7. The number of aromatic nitrogens is 2. The molecule has 0 aliphatic carbocycles. The molecule has 0 radical (unpaired) electrons. The summed E-state index contributed by atoms with van der Waals surface area (Å²) in [7, 11) is 0. The zero-order valence-electron chi connectivity index (χ0n) is 17.8. The summed E-state index contributed by atoms with van der Waals surface area (Å²) in [5.41, 5.74) is 8.24. The van der Waals surface area contributed by atoms with Gasteiger partial charge >= 0.3 is 5.97 Å². The number of rotatable bonds is 3. The van der Waals surface area contributed by atoms with Crippen LogP contribution in [0.4, 0.5) is 0 Å². The van der Waals surface area contributed by atoms with Crippen LogP contribution in [0.1, 0.15) is 35.6 Å². The Kier molecular flexibility index (Phi) is 4.89. The van der Waals surface area contributed by atoms with Crippen LogP contribution in [0, 0.1) is 0 Å². The van der Waals surface area contributed by atoms with Gasteiger partial charge in [0.1, 0.15) is 6.61 Å². The minimum absolute atomic E-state index is 0. The maximum absolute atomic E-state index is 13.4. The number of fused-ring (bicyclic) bond motifs is 6. The van der Waals surface area contributed by atoms with Gasteiger partial charge < -0.3 is 29.6 Å². The number of esters is 1. The second-order valence-corrected chi connectivity index (χ2v) is 8.28. The minimum atomic E-state index is -1.85. The molecule has 5 heterocycles. The van der Waals surface area contributed by atoms with Crippen LogP contribution in [0.25, 0.3) is 22.3 Å². The van der Waals surface area contributed by atoms with E-state index in [1.54, 1.807) is 17.6 Å². The second kappa shape index (κ2) is 7.44. The molecule has 172 valence electrons. The first-order valence-corrected chi connectivity index (χ1v) is 10.6.